The van der Waals surface area contributed by atoms with Gasteiger partial charge in [0.15, 0.2) is 5.11 Å². The van der Waals surface area contributed by atoms with Crippen LogP contribution >= 0.6 is 35.4 Å². The number of halogens is 2. The molecular weight excluding hydrogens is 331 g/mol. The minimum Gasteiger partial charge on any atom is -0.466 e. The van der Waals surface area contributed by atoms with Gasteiger partial charge < -0.3 is 15.0 Å². The normalized spacial score (nSPS) is 18.6. The van der Waals surface area contributed by atoms with Crippen molar-refractivity contribution in [2.45, 2.75) is 13.0 Å². The first-order chi connectivity index (χ1) is 9.88. The Balaban J connectivity index is 2.65. The van der Waals surface area contributed by atoms with Crippen molar-refractivity contribution in [1.29, 1.82) is 0 Å². The molecule has 1 aromatic carbocycles. The van der Waals surface area contributed by atoms with Gasteiger partial charge in [0.2, 0.25) is 0 Å². The minimum atomic E-state index is -0.539. The summed E-state index contributed by atoms with van der Waals surface area (Å²) in [5.41, 5.74) is 1.74. The molecule has 0 aliphatic carbocycles. The van der Waals surface area contributed by atoms with Crippen LogP contribution in [0.15, 0.2) is 29.5 Å². The highest BCUT2D eigenvalue weighted by atomic mass is 35.5. The predicted molar refractivity (Wildman–Crippen MR) is 87.4 cm³/mol. The second kappa shape index (κ2) is 6.22. The van der Waals surface area contributed by atoms with Gasteiger partial charge in [0, 0.05) is 28.4 Å². The number of rotatable bonds is 2. The van der Waals surface area contributed by atoms with Gasteiger partial charge in [0.05, 0.1) is 18.7 Å². The highest BCUT2D eigenvalue weighted by Crippen LogP contribution is 2.38. The molecule has 7 heteroatoms. The zero-order chi connectivity index (χ0) is 15.7. The average molecular weight is 345 g/mol. The van der Waals surface area contributed by atoms with E-state index in [0.717, 1.165) is 0 Å². The van der Waals surface area contributed by atoms with Crippen molar-refractivity contribution in [1.82, 2.24) is 10.2 Å². The maximum atomic E-state index is 12.2. The highest BCUT2D eigenvalue weighted by Gasteiger charge is 2.35. The molecule has 0 saturated heterocycles. The van der Waals surface area contributed by atoms with E-state index in [-0.39, 0.29) is 0 Å². The van der Waals surface area contributed by atoms with Crippen molar-refractivity contribution in [2.24, 2.45) is 0 Å². The summed E-state index contributed by atoms with van der Waals surface area (Å²) in [6, 6.07) is 4.64. The number of nitrogens with one attached hydrogen (secondary N) is 1. The summed E-state index contributed by atoms with van der Waals surface area (Å²) in [4.78, 5) is 13.9. The van der Waals surface area contributed by atoms with E-state index in [1.807, 2.05) is 0 Å². The monoisotopic (exact) mass is 344 g/mol. The first kappa shape index (κ1) is 16.1. The van der Waals surface area contributed by atoms with Crippen LogP contribution in [-0.2, 0) is 9.53 Å². The first-order valence-electron chi connectivity index (χ1n) is 6.15. The highest BCUT2D eigenvalue weighted by molar-refractivity contribution is 7.80. The Labute approximate surface area is 138 Å². The lowest BCUT2D eigenvalue weighted by atomic mass is 9.95. The summed E-state index contributed by atoms with van der Waals surface area (Å²) < 4.78 is 4.88. The van der Waals surface area contributed by atoms with Crippen LogP contribution in [-0.4, -0.2) is 30.1 Å². The Morgan fingerprint density at radius 1 is 1.38 bits per heavy atom. The number of carbonyl (C=O) groups is 1. The molecule has 0 aromatic heterocycles. The SMILES string of the molecule is COC(=O)C1=C(C)N(C)C(=S)N[C@H]1c1c(Cl)cccc1Cl. The Morgan fingerprint density at radius 3 is 2.48 bits per heavy atom. The van der Waals surface area contributed by atoms with Gasteiger partial charge in [0.25, 0.3) is 0 Å². The summed E-state index contributed by atoms with van der Waals surface area (Å²) in [6.45, 7) is 1.80. The van der Waals surface area contributed by atoms with E-state index in [1.165, 1.54) is 7.11 Å². The van der Waals surface area contributed by atoms with Crippen LogP contribution in [0.25, 0.3) is 0 Å². The number of thiocarbonyl (C=S) groups is 1. The lowest BCUT2D eigenvalue weighted by Crippen LogP contribution is -2.46. The van der Waals surface area contributed by atoms with E-state index in [9.17, 15) is 4.79 Å². The summed E-state index contributed by atoms with van der Waals surface area (Å²) in [5.74, 6) is -0.449. The van der Waals surface area contributed by atoms with Crippen molar-refractivity contribution in [3.05, 3.63) is 45.1 Å². The Kier molecular flexibility index (Phi) is 4.76. The number of allylic oxidation sites excluding steroid dienone is 1. The van der Waals surface area contributed by atoms with Gasteiger partial charge in [-0.3, -0.25) is 0 Å². The largest absolute Gasteiger partial charge is 0.466 e. The zero-order valence-corrected chi connectivity index (χ0v) is 14.1. The second-order valence-electron chi connectivity index (χ2n) is 4.57. The Morgan fingerprint density at radius 2 is 1.95 bits per heavy atom. The third kappa shape index (κ3) is 2.86. The van der Waals surface area contributed by atoms with Crippen molar-refractivity contribution in [3.8, 4) is 0 Å². The van der Waals surface area contributed by atoms with Crippen LogP contribution in [0.1, 0.15) is 18.5 Å². The third-order valence-corrected chi connectivity index (χ3v) is 4.50. The molecule has 0 fully saturated rings. The molecule has 0 spiro atoms. The number of hydrogen-bond acceptors (Lipinski definition) is 3. The van der Waals surface area contributed by atoms with Gasteiger partial charge in [-0.15, -0.1) is 0 Å². The van der Waals surface area contributed by atoms with E-state index in [1.54, 1.807) is 37.1 Å². The molecule has 2 rings (SSSR count). The van der Waals surface area contributed by atoms with Gasteiger partial charge in [-0.2, -0.15) is 0 Å². The van der Waals surface area contributed by atoms with Crippen molar-refractivity contribution >= 4 is 46.5 Å². The van der Waals surface area contributed by atoms with Crippen molar-refractivity contribution < 1.29 is 9.53 Å². The molecule has 0 radical (unpaired) electrons. The van der Waals surface area contributed by atoms with Crippen LogP contribution < -0.4 is 5.32 Å². The fourth-order valence-electron chi connectivity index (χ4n) is 2.21. The third-order valence-electron chi connectivity index (χ3n) is 3.45. The Bertz CT molecular complexity index is 626. The minimum absolute atomic E-state index is 0.434. The van der Waals surface area contributed by atoms with Crippen molar-refractivity contribution in [2.75, 3.05) is 14.2 Å². The maximum absolute atomic E-state index is 12.2. The number of ether oxygens (including phenoxy) is 1. The topological polar surface area (TPSA) is 41.6 Å². The number of methoxy groups -OCH3 is 1. The van der Waals surface area contributed by atoms with Gasteiger partial charge in [-0.25, -0.2) is 4.79 Å². The maximum Gasteiger partial charge on any atom is 0.337 e. The fourth-order valence-corrected chi connectivity index (χ4v) is 3.08. The second-order valence-corrected chi connectivity index (χ2v) is 5.77. The molecule has 21 heavy (non-hydrogen) atoms. The number of carbonyl (C=O) groups excluding carboxylic acids is 1. The average Bonchev–Trinajstić information content (AvgIpc) is 2.44. The summed E-state index contributed by atoms with van der Waals surface area (Å²) >= 11 is 17.8. The van der Waals surface area contributed by atoms with E-state index < -0.39 is 12.0 Å². The van der Waals surface area contributed by atoms with Crippen LogP contribution in [0, 0.1) is 0 Å². The predicted octanol–water partition coefficient (Wildman–Crippen LogP) is 3.30. The van der Waals surface area contributed by atoms with E-state index in [0.29, 0.717) is 32.0 Å². The zero-order valence-electron chi connectivity index (χ0n) is 11.7. The molecule has 0 saturated carbocycles. The molecular formula is C14H14Cl2N2O2S. The lowest BCUT2D eigenvalue weighted by Gasteiger charge is -2.35. The molecule has 1 atom stereocenters. The molecule has 1 aliphatic rings. The van der Waals surface area contributed by atoms with Gasteiger partial charge in [-0.05, 0) is 31.3 Å². The van der Waals surface area contributed by atoms with Crippen LogP contribution in [0.2, 0.25) is 10.0 Å². The summed E-state index contributed by atoms with van der Waals surface area (Å²) in [6.07, 6.45) is 0. The molecule has 1 aliphatic heterocycles. The molecule has 0 unspecified atom stereocenters. The number of benzene rings is 1. The van der Waals surface area contributed by atoms with E-state index in [4.69, 9.17) is 40.2 Å². The molecule has 0 bridgehead atoms. The van der Waals surface area contributed by atoms with Crippen LogP contribution in [0.4, 0.5) is 0 Å². The number of nitrogens with zero attached hydrogens (tertiary/aromatic N) is 1. The van der Waals surface area contributed by atoms with Gasteiger partial charge >= 0.3 is 5.97 Å². The van der Waals surface area contributed by atoms with Gasteiger partial charge in [-0.1, -0.05) is 29.3 Å². The molecule has 1 aromatic rings. The van der Waals surface area contributed by atoms with E-state index in [2.05, 4.69) is 5.32 Å². The van der Waals surface area contributed by atoms with Crippen LogP contribution in [0.3, 0.4) is 0 Å². The summed E-state index contributed by atoms with van der Waals surface area (Å²) in [5, 5.41) is 4.50. The van der Waals surface area contributed by atoms with E-state index >= 15 is 0 Å². The number of esters is 1. The molecule has 4 nitrogen and oxygen atoms in total. The molecule has 0 amide bonds. The Hall–Kier alpha value is -1.30. The standard InChI is InChI=1S/C14H14Cl2N2O2S/c1-7-10(13(19)20-3)12(17-14(21)18(7)2)11-8(15)5-4-6-9(11)16/h4-6,12H,1-3H3,(H,17,21)/t12-/m1/s1. The summed E-state index contributed by atoms with van der Waals surface area (Å²) in [7, 11) is 3.11. The number of hydrogen-bond donors (Lipinski definition) is 1. The van der Waals surface area contributed by atoms with Gasteiger partial charge in [0.1, 0.15) is 0 Å². The van der Waals surface area contributed by atoms with Crippen molar-refractivity contribution in [3.63, 3.8) is 0 Å². The quantitative estimate of drug-likeness (QED) is 0.658. The molecule has 112 valence electrons. The first-order valence-corrected chi connectivity index (χ1v) is 7.32. The molecule has 1 N–H and O–H groups in total. The lowest BCUT2D eigenvalue weighted by molar-refractivity contribution is -0.136. The molecule has 1 heterocycles. The smallest absolute Gasteiger partial charge is 0.337 e. The fraction of sp³-hybridized carbons (Fsp3) is 0.286. The van der Waals surface area contributed by atoms with Crippen LogP contribution in [0.5, 0.6) is 0 Å².